The maximum absolute atomic E-state index is 12.0. The molecule has 5 heteroatoms. The number of hydrogen-bond acceptors (Lipinski definition) is 4. The molecule has 1 heterocycles. The smallest absolute Gasteiger partial charge is 0.273 e. The minimum Gasteiger partial charge on any atom is -0.487 e. The van der Waals surface area contributed by atoms with Crippen molar-refractivity contribution in [2.45, 2.75) is 20.0 Å². The fourth-order valence-corrected chi connectivity index (χ4v) is 1.34. The van der Waals surface area contributed by atoms with E-state index in [0.717, 1.165) is 0 Å². The molecule has 2 N–H and O–H groups in total. The zero-order valence-corrected chi connectivity index (χ0v) is 11.3. The van der Waals surface area contributed by atoms with Crippen LogP contribution in [0.25, 0.3) is 0 Å². The maximum atomic E-state index is 12.0. The van der Waals surface area contributed by atoms with Crippen LogP contribution in [0.15, 0.2) is 31.0 Å². The molecule has 0 radical (unpaired) electrons. The molecular formula is C14H20N2O3. The first kappa shape index (κ1) is 15.2. The van der Waals surface area contributed by atoms with Gasteiger partial charge in [0.2, 0.25) is 0 Å². The summed E-state index contributed by atoms with van der Waals surface area (Å²) in [4.78, 5) is 16.0. The van der Waals surface area contributed by atoms with E-state index in [1.54, 1.807) is 18.2 Å². The zero-order chi connectivity index (χ0) is 14.3. The molecule has 0 bridgehead atoms. The van der Waals surface area contributed by atoms with E-state index >= 15 is 0 Å². The molecule has 0 aliphatic carbocycles. The van der Waals surface area contributed by atoms with Gasteiger partial charge in [0.1, 0.15) is 6.61 Å². The first-order valence-electron chi connectivity index (χ1n) is 6.21. The van der Waals surface area contributed by atoms with Crippen LogP contribution in [0.1, 0.15) is 24.3 Å². The van der Waals surface area contributed by atoms with E-state index in [9.17, 15) is 9.90 Å². The van der Waals surface area contributed by atoms with Crippen LogP contribution in [0, 0.1) is 5.92 Å². The Bertz CT molecular complexity index is 432. The van der Waals surface area contributed by atoms with Gasteiger partial charge in [-0.3, -0.25) is 4.79 Å². The van der Waals surface area contributed by atoms with Crippen LogP contribution in [0.5, 0.6) is 5.75 Å². The molecule has 0 aliphatic rings. The lowest BCUT2D eigenvalue weighted by atomic mass is 10.1. The third kappa shape index (κ3) is 4.71. The van der Waals surface area contributed by atoms with Crippen molar-refractivity contribution in [2.75, 3.05) is 13.2 Å². The summed E-state index contributed by atoms with van der Waals surface area (Å²) >= 11 is 0. The molecule has 1 amide bonds. The summed E-state index contributed by atoms with van der Waals surface area (Å²) in [7, 11) is 0. The van der Waals surface area contributed by atoms with Gasteiger partial charge in [0.25, 0.3) is 5.91 Å². The summed E-state index contributed by atoms with van der Waals surface area (Å²) in [6.45, 7) is 7.82. The number of nitrogens with zero attached hydrogens (tertiary/aromatic N) is 1. The number of ether oxygens (including phenoxy) is 1. The normalized spacial score (nSPS) is 12.0. The first-order chi connectivity index (χ1) is 9.06. The molecule has 5 nitrogen and oxygen atoms in total. The summed E-state index contributed by atoms with van der Waals surface area (Å²) in [5.74, 6) is 0.124. The van der Waals surface area contributed by atoms with Gasteiger partial charge < -0.3 is 15.2 Å². The van der Waals surface area contributed by atoms with Crippen LogP contribution >= 0.6 is 0 Å². The molecule has 104 valence electrons. The molecule has 19 heavy (non-hydrogen) atoms. The van der Waals surface area contributed by atoms with Crippen molar-refractivity contribution >= 4 is 5.91 Å². The van der Waals surface area contributed by atoms with Crippen molar-refractivity contribution in [3.05, 3.63) is 36.7 Å². The van der Waals surface area contributed by atoms with Gasteiger partial charge in [0.05, 0.1) is 6.10 Å². The van der Waals surface area contributed by atoms with Gasteiger partial charge in [-0.1, -0.05) is 26.5 Å². The highest BCUT2D eigenvalue weighted by Gasteiger charge is 2.16. The minimum absolute atomic E-state index is 0.0838. The Morgan fingerprint density at radius 2 is 2.37 bits per heavy atom. The average Bonchev–Trinajstić information content (AvgIpc) is 2.42. The fraction of sp³-hybridized carbons (Fsp3) is 0.429. The van der Waals surface area contributed by atoms with Crippen molar-refractivity contribution in [1.29, 1.82) is 0 Å². The standard InChI is InChI=1S/C14H20N2O3/c1-4-8-19-12-6-5-7-15-13(12)14(18)16-9-11(17)10(2)3/h4-7,10-11,17H,1,8-9H2,2-3H3,(H,16,18). The number of pyridine rings is 1. The van der Waals surface area contributed by atoms with Crippen molar-refractivity contribution in [3.63, 3.8) is 0 Å². The Kier molecular flexibility index (Phi) is 6.02. The minimum atomic E-state index is -0.579. The molecule has 0 saturated carbocycles. The fourth-order valence-electron chi connectivity index (χ4n) is 1.34. The van der Waals surface area contributed by atoms with E-state index in [2.05, 4.69) is 16.9 Å². The number of aliphatic hydroxyl groups excluding tert-OH is 1. The van der Waals surface area contributed by atoms with Gasteiger partial charge in [0, 0.05) is 12.7 Å². The molecular weight excluding hydrogens is 244 g/mol. The summed E-state index contributed by atoms with van der Waals surface area (Å²) in [6, 6.07) is 3.36. The van der Waals surface area contributed by atoms with Crippen molar-refractivity contribution in [3.8, 4) is 5.75 Å². The molecule has 0 fully saturated rings. The van der Waals surface area contributed by atoms with Crippen LogP contribution in [0.3, 0.4) is 0 Å². The monoisotopic (exact) mass is 264 g/mol. The Balaban J connectivity index is 2.68. The molecule has 0 aromatic carbocycles. The predicted molar refractivity (Wildman–Crippen MR) is 73.1 cm³/mol. The molecule has 1 aromatic rings. The highest BCUT2D eigenvalue weighted by atomic mass is 16.5. The van der Waals surface area contributed by atoms with Crippen molar-refractivity contribution in [1.82, 2.24) is 10.3 Å². The topological polar surface area (TPSA) is 71.5 Å². The molecule has 1 atom stereocenters. The second-order valence-corrected chi connectivity index (χ2v) is 4.47. The Morgan fingerprint density at radius 1 is 1.63 bits per heavy atom. The maximum Gasteiger partial charge on any atom is 0.273 e. The summed E-state index contributed by atoms with van der Waals surface area (Å²) in [6.07, 6.45) is 2.54. The van der Waals surface area contributed by atoms with E-state index in [1.165, 1.54) is 6.20 Å². The second kappa shape index (κ2) is 7.53. The van der Waals surface area contributed by atoms with Crippen molar-refractivity contribution in [2.24, 2.45) is 5.92 Å². The molecule has 0 saturated heterocycles. The van der Waals surface area contributed by atoms with Crippen LogP contribution < -0.4 is 10.1 Å². The SMILES string of the molecule is C=CCOc1cccnc1C(=O)NCC(O)C(C)C. The number of amides is 1. The molecule has 1 rings (SSSR count). The first-order valence-corrected chi connectivity index (χ1v) is 6.21. The molecule has 1 unspecified atom stereocenters. The summed E-state index contributed by atoms with van der Waals surface area (Å²) in [5.41, 5.74) is 0.209. The van der Waals surface area contributed by atoms with Crippen LogP contribution in [-0.2, 0) is 0 Å². The Labute approximate surface area is 113 Å². The Morgan fingerprint density at radius 3 is 3.00 bits per heavy atom. The van der Waals surface area contributed by atoms with Gasteiger partial charge >= 0.3 is 0 Å². The summed E-state index contributed by atoms with van der Waals surface area (Å²) in [5, 5.41) is 12.3. The number of nitrogens with one attached hydrogen (secondary N) is 1. The lowest BCUT2D eigenvalue weighted by molar-refractivity contribution is 0.0863. The van der Waals surface area contributed by atoms with E-state index < -0.39 is 6.10 Å². The Hall–Kier alpha value is -1.88. The van der Waals surface area contributed by atoms with Gasteiger partial charge in [-0.2, -0.15) is 0 Å². The predicted octanol–water partition coefficient (Wildman–Crippen LogP) is 1.39. The van der Waals surface area contributed by atoms with Gasteiger partial charge in [-0.15, -0.1) is 0 Å². The number of rotatable bonds is 7. The lowest BCUT2D eigenvalue weighted by Gasteiger charge is -2.15. The third-order valence-electron chi connectivity index (χ3n) is 2.58. The third-order valence-corrected chi connectivity index (χ3v) is 2.58. The van der Waals surface area contributed by atoms with Gasteiger partial charge in [0.15, 0.2) is 11.4 Å². The quantitative estimate of drug-likeness (QED) is 0.730. The molecule has 0 spiro atoms. The highest BCUT2D eigenvalue weighted by Crippen LogP contribution is 2.15. The number of hydrogen-bond donors (Lipinski definition) is 2. The summed E-state index contributed by atoms with van der Waals surface area (Å²) < 4.78 is 5.36. The van der Waals surface area contributed by atoms with E-state index in [1.807, 2.05) is 13.8 Å². The number of aromatic nitrogens is 1. The molecule has 1 aromatic heterocycles. The zero-order valence-electron chi connectivity index (χ0n) is 11.3. The van der Waals surface area contributed by atoms with E-state index in [4.69, 9.17) is 4.74 Å². The van der Waals surface area contributed by atoms with Crippen LogP contribution in [0.2, 0.25) is 0 Å². The van der Waals surface area contributed by atoms with Crippen LogP contribution in [0.4, 0.5) is 0 Å². The van der Waals surface area contributed by atoms with Gasteiger partial charge in [-0.25, -0.2) is 4.98 Å². The number of carbonyl (C=O) groups is 1. The largest absolute Gasteiger partial charge is 0.487 e. The highest BCUT2D eigenvalue weighted by molar-refractivity contribution is 5.94. The van der Waals surface area contributed by atoms with E-state index in [0.29, 0.717) is 12.4 Å². The lowest BCUT2D eigenvalue weighted by Crippen LogP contribution is -2.35. The van der Waals surface area contributed by atoms with Gasteiger partial charge in [-0.05, 0) is 18.1 Å². The average molecular weight is 264 g/mol. The number of aliphatic hydroxyl groups is 1. The molecule has 0 aliphatic heterocycles. The van der Waals surface area contributed by atoms with Crippen molar-refractivity contribution < 1.29 is 14.6 Å². The second-order valence-electron chi connectivity index (χ2n) is 4.47. The van der Waals surface area contributed by atoms with Crippen LogP contribution in [-0.4, -0.2) is 35.3 Å². The number of carbonyl (C=O) groups excluding carboxylic acids is 1. The van der Waals surface area contributed by atoms with E-state index in [-0.39, 0.29) is 24.1 Å².